The molecule has 1 heterocycles. The van der Waals surface area contributed by atoms with E-state index in [9.17, 15) is 4.79 Å². The lowest BCUT2D eigenvalue weighted by Crippen LogP contribution is -2.30. The highest BCUT2D eigenvalue weighted by Gasteiger charge is 2.12. The number of nitrogens with two attached hydrogens (primary N) is 1. The molecule has 146 valence electrons. The van der Waals surface area contributed by atoms with Crippen molar-refractivity contribution in [2.45, 2.75) is 22.4 Å². The Bertz CT molecular complexity index is 1100. The summed E-state index contributed by atoms with van der Waals surface area (Å²) in [6.45, 7) is 7.86. The number of fused-ring (bicyclic) bond motifs is 1. The molecule has 0 bridgehead atoms. The molecule has 1 atom stereocenters. The number of aliphatic carboxylic acids is 1. The number of pyridine rings is 1. The molecule has 5 heteroatoms. The molecule has 4 nitrogen and oxygen atoms in total. The molecule has 0 saturated carbocycles. The minimum atomic E-state index is -1.04. The highest BCUT2D eigenvalue weighted by molar-refractivity contribution is 7.99. The van der Waals surface area contributed by atoms with Crippen molar-refractivity contribution in [1.29, 1.82) is 0 Å². The highest BCUT2D eigenvalue weighted by Crippen LogP contribution is 2.30. The van der Waals surface area contributed by atoms with Crippen LogP contribution in [0.25, 0.3) is 16.5 Å². The van der Waals surface area contributed by atoms with Crippen LogP contribution < -0.4 is 5.73 Å². The minimum Gasteiger partial charge on any atom is -0.480 e. The zero-order valence-corrected chi connectivity index (χ0v) is 16.7. The van der Waals surface area contributed by atoms with E-state index in [2.05, 4.69) is 19.2 Å². The Morgan fingerprint density at radius 3 is 2.72 bits per heavy atom. The van der Waals surface area contributed by atoms with Gasteiger partial charge in [0.15, 0.2) is 0 Å². The first kappa shape index (κ1) is 20.6. The second kappa shape index (κ2) is 9.37. The van der Waals surface area contributed by atoms with Crippen LogP contribution in [0.1, 0.15) is 12.0 Å². The summed E-state index contributed by atoms with van der Waals surface area (Å²) in [6.07, 6.45) is 3.65. The van der Waals surface area contributed by atoms with Gasteiger partial charge in [-0.1, -0.05) is 73.5 Å². The van der Waals surface area contributed by atoms with Crippen molar-refractivity contribution in [3.63, 3.8) is 0 Å². The maximum absolute atomic E-state index is 11.0. The average molecular weight is 403 g/mol. The Hall–Kier alpha value is -3.15. The van der Waals surface area contributed by atoms with Gasteiger partial charge in [0.25, 0.3) is 0 Å². The second-order valence-electron chi connectivity index (χ2n) is 6.57. The first-order valence-electron chi connectivity index (χ1n) is 9.10. The molecular weight excluding hydrogens is 380 g/mol. The third-order valence-electron chi connectivity index (χ3n) is 4.39. The van der Waals surface area contributed by atoms with Crippen molar-refractivity contribution >= 4 is 34.2 Å². The van der Waals surface area contributed by atoms with E-state index < -0.39 is 12.0 Å². The van der Waals surface area contributed by atoms with Gasteiger partial charge in [0.1, 0.15) is 11.1 Å². The smallest absolute Gasteiger partial charge is 0.320 e. The van der Waals surface area contributed by atoms with Crippen LogP contribution in [0, 0.1) is 0 Å². The first-order valence-corrected chi connectivity index (χ1v) is 9.92. The van der Waals surface area contributed by atoms with Gasteiger partial charge in [0.2, 0.25) is 0 Å². The van der Waals surface area contributed by atoms with Crippen LogP contribution >= 0.6 is 11.8 Å². The van der Waals surface area contributed by atoms with Crippen LogP contribution in [0.3, 0.4) is 0 Å². The third-order valence-corrected chi connectivity index (χ3v) is 5.32. The quantitative estimate of drug-likeness (QED) is 0.499. The Balaban J connectivity index is 1.78. The summed E-state index contributed by atoms with van der Waals surface area (Å²) >= 11 is 1.58. The highest BCUT2D eigenvalue weighted by atomic mass is 32.2. The van der Waals surface area contributed by atoms with Crippen LogP contribution in [0.15, 0.2) is 101 Å². The number of allylic oxidation sites excluding steroid dienone is 3. The molecule has 1 aromatic heterocycles. The van der Waals surface area contributed by atoms with Crippen molar-refractivity contribution in [3.8, 4) is 0 Å². The number of benzene rings is 2. The predicted octanol–water partition coefficient (Wildman–Crippen LogP) is 5.31. The van der Waals surface area contributed by atoms with Crippen molar-refractivity contribution in [3.05, 3.63) is 97.1 Å². The van der Waals surface area contributed by atoms with Gasteiger partial charge in [-0.2, -0.15) is 0 Å². The summed E-state index contributed by atoms with van der Waals surface area (Å²) in [4.78, 5) is 16.7. The molecule has 3 N–H and O–H groups in total. The predicted molar refractivity (Wildman–Crippen MR) is 120 cm³/mol. The molecule has 0 radical (unpaired) electrons. The number of aromatic nitrogens is 1. The number of carbonyl (C=O) groups is 1. The largest absolute Gasteiger partial charge is 0.480 e. The Kier molecular flexibility index (Phi) is 6.65. The van der Waals surface area contributed by atoms with Crippen molar-refractivity contribution < 1.29 is 9.90 Å². The molecule has 3 aromatic rings. The van der Waals surface area contributed by atoms with Crippen LogP contribution in [0.2, 0.25) is 0 Å². The van der Waals surface area contributed by atoms with Gasteiger partial charge in [-0.15, -0.1) is 0 Å². The number of hydrogen-bond acceptors (Lipinski definition) is 4. The van der Waals surface area contributed by atoms with Crippen molar-refractivity contribution in [1.82, 2.24) is 4.98 Å². The Morgan fingerprint density at radius 1 is 1.17 bits per heavy atom. The van der Waals surface area contributed by atoms with E-state index in [-0.39, 0.29) is 6.42 Å². The Morgan fingerprint density at radius 2 is 1.97 bits per heavy atom. The first-order chi connectivity index (χ1) is 14.0. The molecule has 0 spiro atoms. The molecule has 0 aliphatic rings. The standard InChI is InChI=1S/C24H22N2O2S/c1-3-17(14-21(25)24(27)28)13-16(2)19-8-6-9-20(15-19)29-23-12-11-18-7-4-5-10-22(18)26-23/h3-13,15,21H,1-2,14,25H2,(H,27,28)/b17-13+. The van der Waals surface area contributed by atoms with E-state index in [0.29, 0.717) is 0 Å². The molecule has 0 aliphatic carbocycles. The van der Waals surface area contributed by atoms with Crippen LogP contribution in [-0.2, 0) is 4.79 Å². The molecule has 0 aliphatic heterocycles. The summed E-state index contributed by atoms with van der Waals surface area (Å²) in [5, 5.41) is 11.0. The monoisotopic (exact) mass is 402 g/mol. The lowest BCUT2D eigenvalue weighted by Gasteiger charge is -2.09. The molecule has 29 heavy (non-hydrogen) atoms. The topological polar surface area (TPSA) is 76.2 Å². The zero-order valence-electron chi connectivity index (χ0n) is 15.9. The van der Waals surface area contributed by atoms with Crippen LogP contribution in [0.4, 0.5) is 0 Å². The van der Waals surface area contributed by atoms with Gasteiger partial charge in [0, 0.05) is 10.3 Å². The molecule has 0 fully saturated rings. The molecule has 0 amide bonds. The lowest BCUT2D eigenvalue weighted by molar-refractivity contribution is -0.138. The fourth-order valence-electron chi connectivity index (χ4n) is 2.83. The number of rotatable bonds is 8. The summed E-state index contributed by atoms with van der Waals surface area (Å²) in [5.74, 6) is -1.04. The summed E-state index contributed by atoms with van der Waals surface area (Å²) in [5.41, 5.74) is 9.04. The van der Waals surface area contributed by atoms with Gasteiger partial charge in [-0.25, -0.2) is 4.98 Å². The summed E-state index contributed by atoms with van der Waals surface area (Å²) in [7, 11) is 0. The maximum atomic E-state index is 11.0. The number of hydrogen-bond donors (Lipinski definition) is 2. The average Bonchev–Trinajstić information content (AvgIpc) is 2.73. The van der Waals surface area contributed by atoms with Gasteiger partial charge in [0.05, 0.1) is 5.52 Å². The van der Waals surface area contributed by atoms with Gasteiger partial charge >= 0.3 is 5.97 Å². The maximum Gasteiger partial charge on any atom is 0.320 e. The minimum absolute atomic E-state index is 0.202. The van der Waals surface area contributed by atoms with Gasteiger partial charge < -0.3 is 10.8 Å². The fraction of sp³-hybridized carbons (Fsp3) is 0.0833. The third kappa shape index (κ3) is 5.44. The van der Waals surface area contributed by atoms with Gasteiger partial charge in [-0.05, 0) is 47.4 Å². The molecule has 3 rings (SSSR count). The van der Waals surface area contributed by atoms with Crippen molar-refractivity contribution in [2.75, 3.05) is 0 Å². The molecular formula is C24H22N2O2S. The molecule has 1 unspecified atom stereocenters. The van der Waals surface area contributed by atoms with Crippen LogP contribution in [-0.4, -0.2) is 22.1 Å². The number of nitrogens with zero attached hydrogens (tertiary/aromatic N) is 1. The normalized spacial score (nSPS) is 12.5. The van der Waals surface area contributed by atoms with E-state index in [1.54, 1.807) is 17.8 Å². The van der Waals surface area contributed by atoms with E-state index in [0.717, 1.165) is 37.5 Å². The molecule has 2 aromatic carbocycles. The van der Waals surface area contributed by atoms with E-state index >= 15 is 0 Å². The van der Waals surface area contributed by atoms with Crippen molar-refractivity contribution in [2.24, 2.45) is 5.73 Å². The zero-order chi connectivity index (χ0) is 20.8. The second-order valence-corrected chi connectivity index (χ2v) is 7.66. The Labute approximate surface area is 174 Å². The van der Waals surface area contributed by atoms with E-state index in [1.165, 1.54) is 0 Å². The number of para-hydroxylation sites is 1. The summed E-state index contributed by atoms with van der Waals surface area (Å²) in [6, 6.07) is 19.1. The van der Waals surface area contributed by atoms with Crippen LogP contribution in [0.5, 0.6) is 0 Å². The van der Waals surface area contributed by atoms with Gasteiger partial charge in [-0.3, -0.25) is 4.79 Å². The number of carboxylic acid groups (broad SMARTS) is 1. The lowest BCUT2D eigenvalue weighted by atomic mass is 10.0. The SMILES string of the molecule is C=C/C(=C\C(=C)c1cccc(Sc2ccc3ccccc3n2)c1)CC(N)C(=O)O. The fourth-order valence-corrected chi connectivity index (χ4v) is 3.69. The van der Waals surface area contributed by atoms with E-state index in [1.807, 2.05) is 60.7 Å². The summed E-state index contributed by atoms with van der Waals surface area (Å²) < 4.78 is 0. The van der Waals surface area contributed by atoms with E-state index in [4.69, 9.17) is 15.8 Å². The number of carboxylic acids is 1. The molecule has 0 saturated heterocycles.